The summed E-state index contributed by atoms with van der Waals surface area (Å²) in [6.07, 6.45) is 1.09. The maximum Gasteiger partial charge on any atom is 0.0682 e. The number of aliphatic hydroxyl groups excluding tert-OH is 1. The molecule has 0 bridgehead atoms. The minimum atomic E-state index is 0.0372. The van der Waals surface area contributed by atoms with Crippen molar-refractivity contribution in [2.24, 2.45) is 0 Å². The Hall–Kier alpha value is -0.730. The molecule has 0 saturated carbocycles. The number of nitrogens with zero attached hydrogens (tertiary/aromatic N) is 1. The van der Waals surface area contributed by atoms with Crippen LogP contribution in [0.1, 0.15) is 32.8 Å². The number of rotatable bonds is 5. The van der Waals surface area contributed by atoms with Crippen molar-refractivity contribution in [2.75, 3.05) is 11.4 Å². The molecule has 1 unspecified atom stereocenters. The zero-order valence-electron chi connectivity index (χ0n) is 10.2. The molecule has 1 atom stereocenters. The second-order valence-corrected chi connectivity index (χ2v) is 4.39. The van der Waals surface area contributed by atoms with Crippen LogP contribution in [0.25, 0.3) is 0 Å². The minimum Gasteiger partial charge on any atom is -0.392 e. The molecular formula is C13H20ClNO. The van der Waals surface area contributed by atoms with Crippen LogP contribution in [0.5, 0.6) is 0 Å². The lowest BCUT2D eigenvalue weighted by molar-refractivity contribution is 0.282. The van der Waals surface area contributed by atoms with Crippen LogP contribution in [0.15, 0.2) is 18.2 Å². The average Bonchev–Trinajstić information content (AvgIpc) is 2.31. The summed E-state index contributed by atoms with van der Waals surface area (Å²) in [6.45, 7) is 7.47. The standard InChI is InChI=1S/C13H20ClNO/c1-4-10(3)15(5-2)13-7-6-11(9-16)8-12(13)14/h6-8,10,16H,4-5,9H2,1-3H3. The molecule has 1 rings (SSSR count). The summed E-state index contributed by atoms with van der Waals surface area (Å²) in [4.78, 5) is 2.28. The first-order valence-corrected chi connectivity index (χ1v) is 6.17. The third-order valence-corrected chi connectivity index (χ3v) is 3.27. The zero-order valence-corrected chi connectivity index (χ0v) is 11.0. The van der Waals surface area contributed by atoms with Crippen molar-refractivity contribution >= 4 is 17.3 Å². The Bertz CT molecular complexity index is 341. The van der Waals surface area contributed by atoms with Gasteiger partial charge in [-0.05, 0) is 38.0 Å². The van der Waals surface area contributed by atoms with E-state index in [1.54, 1.807) is 0 Å². The summed E-state index contributed by atoms with van der Waals surface area (Å²) in [5.74, 6) is 0. The number of anilines is 1. The van der Waals surface area contributed by atoms with Crippen molar-refractivity contribution in [3.8, 4) is 0 Å². The molecule has 0 aromatic heterocycles. The fraction of sp³-hybridized carbons (Fsp3) is 0.538. The Balaban J connectivity index is 3.01. The molecule has 0 radical (unpaired) electrons. The first-order valence-electron chi connectivity index (χ1n) is 5.79. The molecule has 0 aliphatic rings. The van der Waals surface area contributed by atoms with Crippen LogP contribution in [-0.4, -0.2) is 17.7 Å². The maximum absolute atomic E-state index is 9.03. The zero-order chi connectivity index (χ0) is 12.1. The Morgan fingerprint density at radius 3 is 2.50 bits per heavy atom. The van der Waals surface area contributed by atoms with Crippen LogP contribution in [0.2, 0.25) is 5.02 Å². The van der Waals surface area contributed by atoms with Gasteiger partial charge in [0.05, 0.1) is 17.3 Å². The van der Waals surface area contributed by atoms with Crippen LogP contribution in [0.3, 0.4) is 0 Å². The van der Waals surface area contributed by atoms with Crippen molar-refractivity contribution in [1.29, 1.82) is 0 Å². The predicted molar refractivity (Wildman–Crippen MR) is 70.1 cm³/mol. The summed E-state index contributed by atoms with van der Waals surface area (Å²) in [7, 11) is 0. The maximum atomic E-state index is 9.03. The van der Waals surface area contributed by atoms with Crippen molar-refractivity contribution < 1.29 is 5.11 Å². The van der Waals surface area contributed by atoms with E-state index in [4.69, 9.17) is 16.7 Å². The molecule has 2 nitrogen and oxygen atoms in total. The molecule has 0 heterocycles. The Labute approximate surface area is 103 Å². The van der Waals surface area contributed by atoms with Gasteiger partial charge in [-0.3, -0.25) is 0 Å². The molecule has 0 saturated heterocycles. The lowest BCUT2D eigenvalue weighted by atomic mass is 10.1. The molecule has 0 fully saturated rings. The summed E-state index contributed by atoms with van der Waals surface area (Å²) in [5, 5.41) is 9.75. The molecule has 0 spiro atoms. The minimum absolute atomic E-state index is 0.0372. The molecule has 90 valence electrons. The summed E-state index contributed by atoms with van der Waals surface area (Å²) >= 11 is 6.23. The largest absolute Gasteiger partial charge is 0.392 e. The highest BCUT2D eigenvalue weighted by molar-refractivity contribution is 6.33. The van der Waals surface area contributed by atoms with Gasteiger partial charge in [-0.1, -0.05) is 24.6 Å². The SMILES string of the molecule is CCC(C)N(CC)c1ccc(CO)cc1Cl. The molecule has 16 heavy (non-hydrogen) atoms. The van der Waals surface area contributed by atoms with E-state index in [-0.39, 0.29) is 6.61 Å². The molecule has 3 heteroatoms. The fourth-order valence-electron chi connectivity index (χ4n) is 1.82. The normalized spacial score (nSPS) is 12.6. The lowest BCUT2D eigenvalue weighted by Crippen LogP contribution is -2.32. The van der Waals surface area contributed by atoms with Gasteiger partial charge in [0.15, 0.2) is 0 Å². The van der Waals surface area contributed by atoms with Crippen LogP contribution in [0, 0.1) is 0 Å². The smallest absolute Gasteiger partial charge is 0.0682 e. The number of aliphatic hydroxyl groups is 1. The number of hydrogen-bond donors (Lipinski definition) is 1. The number of benzene rings is 1. The van der Waals surface area contributed by atoms with Gasteiger partial charge in [-0.2, -0.15) is 0 Å². The molecule has 1 aromatic rings. The lowest BCUT2D eigenvalue weighted by Gasteiger charge is -2.30. The summed E-state index contributed by atoms with van der Waals surface area (Å²) in [5.41, 5.74) is 1.91. The van der Waals surface area contributed by atoms with E-state index in [0.29, 0.717) is 11.1 Å². The topological polar surface area (TPSA) is 23.5 Å². The molecule has 1 N–H and O–H groups in total. The van der Waals surface area contributed by atoms with Crippen LogP contribution >= 0.6 is 11.6 Å². The van der Waals surface area contributed by atoms with Crippen molar-refractivity contribution in [1.82, 2.24) is 0 Å². The van der Waals surface area contributed by atoms with Crippen LogP contribution in [-0.2, 0) is 6.61 Å². The van der Waals surface area contributed by atoms with E-state index in [1.165, 1.54) is 0 Å². The van der Waals surface area contributed by atoms with E-state index >= 15 is 0 Å². The van der Waals surface area contributed by atoms with E-state index in [1.807, 2.05) is 18.2 Å². The van der Waals surface area contributed by atoms with Gasteiger partial charge < -0.3 is 10.0 Å². The Kier molecular flexibility index (Phi) is 5.10. The highest BCUT2D eigenvalue weighted by Crippen LogP contribution is 2.28. The van der Waals surface area contributed by atoms with Gasteiger partial charge in [0.1, 0.15) is 0 Å². The second kappa shape index (κ2) is 6.12. The third-order valence-electron chi connectivity index (χ3n) is 2.97. The third kappa shape index (κ3) is 2.89. The van der Waals surface area contributed by atoms with Gasteiger partial charge in [0.25, 0.3) is 0 Å². The van der Waals surface area contributed by atoms with Gasteiger partial charge in [0, 0.05) is 12.6 Å². The monoisotopic (exact) mass is 241 g/mol. The van der Waals surface area contributed by atoms with E-state index in [0.717, 1.165) is 24.2 Å². The first-order chi connectivity index (χ1) is 7.63. The predicted octanol–water partition coefficient (Wildman–Crippen LogP) is 3.46. The van der Waals surface area contributed by atoms with Crippen molar-refractivity contribution in [3.05, 3.63) is 28.8 Å². The number of hydrogen-bond acceptors (Lipinski definition) is 2. The van der Waals surface area contributed by atoms with Gasteiger partial charge in [-0.15, -0.1) is 0 Å². The Morgan fingerprint density at radius 1 is 1.38 bits per heavy atom. The molecule has 0 aliphatic carbocycles. The van der Waals surface area contributed by atoms with Crippen molar-refractivity contribution in [3.63, 3.8) is 0 Å². The summed E-state index contributed by atoms with van der Waals surface area (Å²) < 4.78 is 0. The molecular weight excluding hydrogens is 222 g/mol. The second-order valence-electron chi connectivity index (χ2n) is 3.99. The van der Waals surface area contributed by atoms with Crippen LogP contribution < -0.4 is 4.90 Å². The van der Waals surface area contributed by atoms with Crippen LogP contribution in [0.4, 0.5) is 5.69 Å². The van der Waals surface area contributed by atoms with E-state index in [2.05, 4.69) is 25.7 Å². The summed E-state index contributed by atoms with van der Waals surface area (Å²) in [6, 6.07) is 6.22. The van der Waals surface area contributed by atoms with E-state index < -0.39 is 0 Å². The highest BCUT2D eigenvalue weighted by atomic mass is 35.5. The number of halogens is 1. The van der Waals surface area contributed by atoms with Gasteiger partial charge in [0.2, 0.25) is 0 Å². The van der Waals surface area contributed by atoms with Gasteiger partial charge >= 0.3 is 0 Å². The Morgan fingerprint density at radius 2 is 2.06 bits per heavy atom. The fourth-order valence-corrected chi connectivity index (χ4v) is 2.13. The molecule has 0 amide bonds. The first kappa shape index (κ1) is 13.3. The quantitative estimate of drug-likeness (QED) is 0.854. The van der Waals surface area contributed by atoms with E-state index in [9.17, 15) is 0 Å². The molecule has 0 aliphatic heterocycles. The highest BCUT2D eigenvalue weighted by Gasteiger charge is 2.14. The van der Waals surface area contributed by atoms with Gasteiger partial charge in [-0.25, -0.2) is 0 Å². The molecule has 1 aromatic carbocycles. The average molecular weight is 242 g/mol. The van der Waals surface area contributed by atoms with Crippen molar-refractivity contribution in [2.45, 2.75) is 39.8 Å².